The molecule has 0 atom stereocenters. The Balaban J connectivity index is 1.58. The molecule has 2 heterocycles. The van der Waals surface area contributed by atoms with E-state index in [2.05, 4.69) is 9.88 Å². The van der Waals surface area contributed by atoms with Crippen LogP contribution < -0.4 is 10.2 Å². The molecule has 1 aliphatic rings. The number of carbonyl (C=O) groups excluding carboxylic acids is 3. The van der Waals surface area contributed by atoms with Gasteiger partial charge in [-0.1, -0.05) is 66.7 Å². The lowest BCUT2D eigenvalue weighted by molar-refractivity contribution is -0.122. The van der Waals surface area contributed by atoms with Gasteiger partial charge < -0.3 is 4.57 Å². The second-order valence-corrected chi connectivity index (χ2v) is 7.51. The largest absolute Gasteiger partial charge is 0.342 e. The highest BCUT2D eigenvalue weighted by molar-refractivity contribution is 6.39. The molecule has 0 saturated carbocycles. The van der Waals surface area contributed by atoms with Crippen LogP contribution in [0, 0.1) is 0 Å². The fraction of sp³-hybridized carbons (Fsp3) is 0.0385. The van der Waals surface area contributed by atoms with Crippen LogP contribution in [-0.2, 0) is 16.1 Å². The molecule has 1 aliphatic heterocycles. The number of aromatic nitrogens is 1. The first-order valence-corrected chi connectivity index (χ1v) is 10.2. The highest BCUT2D eigenvalue weighted by atomic mass is 16.2. The summed E-state index contributed by atoms with van der Waals surface area (Å²) in [4.78, 5) is 39.1. The van der Waals surface area contributed by atoms with Crippen LogP contribution in [0.5, 0.6) is 0 Å². The summed E-state index contributed by atoms with van der Waals surface area (Å²) in [7, 11) is 0. The number of anilines is 1. The minimum Gasteiger partial charge on any atom is -0.342 e. The Morgan fingerprint density at radius 1 is 0.781 bits per heavy atom. The SMILES string of the molecule is O=C1NC(=O)N(c2ccccc2)C(=O)/C1=C\c1cn(Cc2ccccc2)c2ccccc12. The van der Waals surface area contributed by atoms with Crippen molar-refractivity contribution in [1.29, 1.82) is 0 Å². The summed E-state index contributed by atoms with van der Waals surface area (Å²) in [5.74, 6) is -1.35. The first-order chi connectivity index (χ1) is 15.6. The molecule has 1 fully saturated rings. The van der Waals surface area contributed by atoms with Gasteiger partial charge in [0.05, 0.1) is 5.69 Å². The molecule has 5 rings (SSSR count). The van der Waals surface area contributed by atoms with Crippen LogP contribution in [0.2, 0.25) is 0 Å². The number of nitrogens with one attached hydrogen (secondary N) is 1. The van der Waals surface area contributed by atoms with Gasteiger partial charge in [-0.25, -0.2) is 9.69 Å². The molecule has 4 amide bonds. The van der Waals surface area contributed by atoms with E-state index in [1.165, 1.54) is 0 Å². The zero-order valence-electron chi connectivity index (χ0n) is 17.1. The molecule has 1 saturated heterocycles. The van der Waals surface area contributed by atoms with Gasteiger partial charge >= 0.3 is 6.03 Å². The molecule has 0 unspecified atom stereocenters. The van der Waals surface area contributed by atoms with Crippen molar-refractivity contribution >= 4 is 40.5 Å². The number of benzene rings is 3. The lowest BCUT2D eigenvalue weighted by Gasteiger charge is -2.26. The third-order valence-electron chi connectivity index (χ3n) is 5.43. The Morgan fingerprint density at radius 2 is 1.44 bits per heavy atom. The number of hydrogen-bond donors (Lipinski definition) is 1. The maximum atomic E-state index is 13.2. The number of carbonyl (C=O) groups is 3. The van der Waals surface area contributed by atoms with Gasteiger partial charge in [-0.15, -0.1) is 0 Å². The summed E-state index contributed by atoms with van der Waals surface area (Å²) >= 11 is 0. The topological polar surface area (TPSA) is 71.4 Å². The summed E-state index contributed by atoms with van der Waals surface area (Å²) in [6, 6.07) is 25.7. The van der Waals surface area contributed by atoms with Crippen LogP contribution in [0.15, 0.2) is 96.7 Å². The highest BCUT2D eigenvalue weighted by Crippen LogP contribution is 2.27. The van der Waals surface area contributed by atoms with E-state index in [4.69, 9.17) is 0 Å². The minimum atomic E-state index is -0.755. The van der Waals surface area contributed by atoms with E-state index >= 15 is 0 Å². The van der Waals surface area contributed by atoms with Crippen LogP contribution >= 0.6 is 0 Å². The van der Waals surface area contributed by atoms with Gasteiger partial charge in [-0.05, 0) is 29.8 Å². The lowest BCUT2D eigenvalue weighted by Crippen LogP contribution is -2.54. The van der Waals surface area contributed by atoms with Gasteiger partial charge in [0.2, 0.25) is 0 Å². The van der Waals surface area contributed by atoms with E-state index in [0.29, 0.717) is 12.2 Å². The average molecular weight is 421 g/mol. The second-order valence-electron chi connectivity index (χ2n) is 7.51. The third-order valence-corrected chi connectivity index (χ3v) is 5.43. The number of nitrogens with zero attached hydrogens (tertiary/aromatic N) is 2. The van der Waals surface area contributed by atoms with Crippen LogP contribution in [0.1, 0.15) is 11.1 Å². The maximum Gasteiger partial charge on any atom is 0.335 e. The smallest absolute Gasteiger partial charge is 0.335 e. The Morgan fingerprint density at radius 3 is 2.19 bits per heavy atom. The van der Waals surface area contributed by atoms with Crippen molar-refractivity contribution in [3.8, 4) is 0 Å². The normalized spacial score (nSPS) is 15.4. The monoisotopic (exact) mass is 421 g/mol. The predicted octanol–water partition coefficient (Wildman–Crippen LogP) is 4.36. The number of para-hydroxylation sites is 2. The van der Waals surface area contributed by atoms with Gasteiger partial charge in [0.25, 0.3) is 11.8 Å². The molecule has 0 bridgehead atoms. The van der Waals surface area contributed by atoms with E-state index in [-0.39, 0.29) is 5.57 Å². The van der Waals surface area contributed by atoms with Crippen molar-refractivity contribution in [3.05, 3.63) is 108 Å². The fourth-order valence-corrected chi connectivity index (χ4v) is 3.93. The van der Waals surface area contributed by atoms with Crippen molar-refractivity contribution < 1.29 is 14.4 Å². The maximum absolute atomic E-state index is 13.2. The molecule has 1 N–H and O–H groups in total. The first kappa shape index (κ1) is 19.5. The molecule has 156 valence electrons. The highest BCUT2D eigenvalue weighted by Gasteiger charge is 2.36. The summed E-state index contributed by atoms with van der Waals surface area (Å²) in [5, 5.41) is 3.19. The number of rotatable bonds is 4. The van der Waals surface area contributed by atoms with Crippen LogP contribution in [-0.4, -0.2) is 22.4 Å². The Labute approximate surface area is 184 Å². The predicted molar refractivity (Wildman–Crippen MR) is 123 cm³/mol. The van der Waals surface area contributed by atoms with E-state index < -0.39 is 17.8 Å². The van der Waals surface area contributed by atoms with E-state index in [1.807, 2.05) is 60.8 Å². The molecule has 1 aromatic heterocycles. The average Bonchev–Trinajstić information content (AvgIpc) is 3.15. The zero-order valence-corrected chi connectivity index (χ0v) is 17.1. The van der Waals surface area contributed by atoms with Crippen molar-refractivity contribution in [2.45, 2.75) is 6.54 Å². The summed E-state index contributed by atoms with van der Waals surface area (Å²) in [5.41, 5.74) is 3.18. The van der Waals surface area contributed by atoms with Crippen molar-refractivity contribution in [2.24, 2.45) is 0 Å². The molecule has 0 spiro atoms. The van der Waals surface area contributed by atoms with Crippen molar-refractivity contribution in [2.75, 3.05) is 4.90 Å². The molecule has 6 nitrogen and oxygen atoms in total. The number of imide groups is 2. The number of amides is 4. The lowest BCUT2D eigenvalue weighted by atomic mass is 10.1. The summed E-state index contributed by atoms with van der Waals surface area (Å²) < 4.78 is 2.09. The number of urea groups is 1. The van der Waals surface area contributed by atoms with E-state index in [0.717, 1.165) is 26.9 Å². The molecule has 0 aliphatic carbocycles. The minimum absolute atomic E-state index is 0.0870. The number of fused-ring (bicyclic) bond motifs is 1. The van der Waals surface area contributed by atoms with Gasteiger partial charge in [0.1, 0.15) is 5.57 Å². The molecular weight excluding hydrogens is 402 g/mol. The summed E-state index contributed by atoms with van der Waals surface area (Å²) in [6.07, 6.45) is 3.48. The quantitative estimate of drug-likeness (QED) is 0.393. The van der Waals surface area contributed by atoms with E-state index in [1.54, 1.807) is 36.4 Å². The van der Waals surface area contributed by atoms with Crippen LogP contribution in [0.4, 0.5) is 10.5 Å². The van der Waals surface area contributed by atoms with Gasteiger partial charge in [0.15, 0.2) is 0 Å². The van der Waals surface area contributed by atoms with Gasteiger partial charge in [-0.2, -0.15) is 0 Å². The Bertz CT molecular complexity index is 1370. The number of barbiturate groups is 1. The number of hydrogen-bond acceptors (Lipinski definition) is 3. The van der Waals surface area contributed by atoms with Crippen molar-refractivity contribution in [3.63, 3.8) is 0 Å². The van der Waals surface area contributed by atoms with E-state index in [9.17, 15) is 14.4 Å². The fourth-order valence-electron chi connectivity index (χ4n) is 3.93. The first-order valence-electron chi connectivity index (χ1n) is 10.2. The Hall–Kier alpha value is -4.45. The molecule has 32 heavy (non-hydrogen) atoms. The molecule has 3 aromatic carbocycles. The second kappa shape index (κ2) is 8.00. The van der Waals surface area contributed by atoms with Gasteiger partial charge in [0, 0.05) is 29.2 Å². The van der Waals surface area contributed by atoms with Gasteiger partial charge in [-0.3, -0.25) is 14.9 Å². The standard InChI is InChI=1S/C26H19N3O3/c30-24-22(25(31)29(26(32)27-24)20-11-5-2-6-12-20)15-19-17-28(16-18-9-3-1-4-10-18)23-14-8-7-13-21(19)23/h1-15,17H,16H2,(H,27,30,32)/b22-15-. The molecular formula is C26H19N3O3. The summed E-state index contributed by atoms with van der Waals surface area (Å²) in [6.45, 7) is 0.652. The third kappa shape index (κ3) is 3.48. The van der Waals surface area contributed by atoms with Crippen LogP contribution in [0.3, 0.4) is 0 Å². The molecule has 6 heteroatoms. The molecule has 0 radical (unpaired) electrons. The molecule has 4 aromatic rings. The van der Waals surface area contributed by atoms with Crippen molar-refractivity contribution in [1.82, 2.24) is 9.88 Å². The van der Waals surface area contributed by atoms with Crippen LogP contribution in [0.25, 0.3) is 17.0 Å². The Kier molecular flexibility index (Phi) is 4.88. The zero-order chi connectivity index (χ0) is 22.1.